The van der Waals surface area contributed by atoms with Gasteiger partial charge in [-0.25, -0.2) is 8.42 Å². The van der Waals surface area contributed by atoms with Gasteiger partial charge in [-0.1, -0.05) is 18.2 Å². The average molecular weight is 281 g/mol. The monoisotopic (exact) mass is 281 g/mol. The predicted octanol–water partition coefficient (Wildman–Crippen LogP) is 1.97. The summed E-state index contributed by atoms with van der Waals surface area (Å²) in [5.74, 6) is -0.435. The lowest BCUT2D eigenvalue weighted by molar-refractivity contribution is -0.137. The molecule has 0 aliphatic heterocycles. The summed E-state index contributed by atoms with van der Waals surface area (Å²) in [6.45, 7) is 1.38. The molecule has 0 heterocycles. The third-order valence-corrected chi connectivity index (χ3v) is 4.72. The topological polar surface area (TPSA) is 60.2 Å². The van der Waals surface area contributed by atoms with E-state index in [1.54, 1.807) is 0 Å². The van der Waals surface area contributed by atoms with Crippen LogP contribution in [0, 0.1) is 0 Å². The maximum absolute atomic E-state index is 12.5. The summed E-state index contributed by atoms with van der Waals surface area (Å²) in [6.07, 6.45) is -4.47. The van der Waals surface area contributed by atoms with Crippen molar-refractivity contribution in [2.24, 2.45) is 5.73 Å². The number of rotatable bonds is 4. The van der Waals surface area contributed by atoms with Crippen molar-refractivity contribution in [3.05, 3.63) is 35.4 Å². The molecule has 2 N–H and O–H groups in total. The van der Waals surface area contributed by atoms with Crippen molar-refractivity contribution in [3.63, 3.8) is 0 Å². The van der Waals surface area contributed by atoms with Crippen molar-refractivity contribution in [2.75, 3.05) is 6.54 Å². The zero-order valence-electron chi connectivity index (χ0n) is 9.74. The average Bonchev–Trinajstić information content (AvgIpc) is 2.26. The van der Waals surface area contributed by atoms with Gasteiger partial charge in [0.25, 0.3) is 0 Å². The first-order chi connectivity index (χ1) is 8.16. The molecule has 0 radical (unpaired) electrons. The first-order valence-electron chi connectivity index (χ1n) is 5.24. The highest BCUT2D eigenvalue weighted by molar-refractivity contribution is 7.91. The quantitative estimate of drug-likeness (QED) is 0.918. The third-order valence-electron chi connectivity index (χ3n) is 2.57. The molecule has 1 rings (SSSR count). The van der Waals surface area contributed by atoms with Crippen LogP contribution in [-0.2, 0) is 21.8 Å². The minimum absolute atomic E-state index is 0.0543. The van der Waals surface area contributed by atoms with Gasteiger partial charge in [-0.15, -0.1) is 0 Å². The minimum Gasteiger partial charge on any atom is -0.329 e. The third kappa shape index (κ3) is 3.71. The Labute approximate surface area is 104 Å². The molecule has 0 fully saturated rings. The fourth-order valence-corrected chi connectivity index (χ4v) is 2.58. The van der Waals surface area contributed by atoms with E-state index in [1.165, 1.54) is 19.1 Å². The second-order valence-corrected chi connectivity index (χ2v) is 6.47. The molecular weight excluding hydrogens is 267 g/mol. The molecule has 102 valence electrons. The Balaban J connectivity index is 3.00. The van der Waals surface area contributed by atoms with Gasteiger partial charge >= 0.3 is 6.18 Å². The summed E-state index contributed by atoms with van der Waals surface area (Å²) in [7, 11) is -3.52. The first kappa shape index (κ1) is 15.0. The number of benzene rings is 1. The summed E-state index contributed by atoms with van der Waals surface area (Å²) in [5.41, 5.74) is 4.52. The molecule has 0 bridgehead atoms. The minimum atomic E-state index is -4.47. The second kappa shape index (κ2) is 5.27. The van der Waals surface area contributed by atoms with Crippen LogP contribution < -0.4 is 5.73 Å². The van der Waals surface area contributed by atoms with E-state index in [-0.39, 0.29) is 12.1 Å². The maximum Gasteiger partial charge on any atom is 0.416 e. The van der Waals surface area contributed by atoms with Gasteiger partial charge in [0, 0.05) is 6.54 Å². The van der Waals surface area contributed by atoms with Crippen LogP contribution >= 0.6 is 0 Å². The molecule has 7 heteroatoms. The first-order valence-corrected chi connectivity index (χ1v) is 6.96. The number of hydrogen-bond acceptors (Lipinski definition) is 3. The van der Waals surface area contributed by atoms with Crippen molar-refractivity contribution in [3.8, 4) is 0 Å². The predicted molar refractivity (Wildman–Crippen MR) is 62.6 cm³/mol. The van der Waals surface area contributed by atoms with E-state index in [0.717, 1.165) is 12.1 Å². The van der Waals surface area contributed by atoms with Crippen molar-refractivity contribution in [1.82, 2.24) is 0 Å². The van der Waals surface area contributed by atoms with E-state index in [0.29, 0.717) is 0 Å². The van der Waals surface area contributed by atoms with Crippen LogP contribution in [0.1, 0.15) is 18.1 Å². The second-order valence-electron chi connectivity index (χ2n) is 4.05. The van der Waals surface area contributed by atoms with Crippen molar-refractivity contribution < 1.29 is 21.6 Å². The highest BCUT2D eigenvalue weighted by Gasteiger charge is 2.31. The number of hydrogen-bond donors (Lipinski definition) is 1. The van der Waals surface area contributed by atoms with E-state index in [2.05, 4.69) is 0 Å². The number of halogens is 3. The van der Waals surface area contributed by atoms with Crippen LogP contribution in [0.5, 0.6) is 0 Å². The molecule has 0 saturated heterocycles. The number of nitrogens with two attached hydrogens (primary N) is 1. The van der Waals surface area contributed by atoms with Crippen molar-refractivity contribution >= 4 is 9.84 Å². The lowest BCUT2D eigenvalue weighted by Gasteiger charge is -2.12. The lowest BCUT2D eigenvalue weighted by Crippen LogP contribution is -2.27. The number of sulfone groups is 1. The molecule has 0 aliphatic rings. The Hall–Kier alpha value is -1.08. The molecule has 1 unspecified atom stereocenters. The van der Waals surface area contributed by atoms with Crippen molar-refractivity contribution in [1.29, 1.82) is 0 Å². The van der Waals surface area contributed by atoms with Gasteiger partial charge in [-0.2, -0.15) is 13.2 Å². The molecule has 1 aromatic rings. The Bertz CT molecular complexity index is 511. The van der Waals surface area contributed by atoms with Gasteiger partial charge in [-0.3, -0.25) is 0 Å². The molecule has 0 aliphatic carbocycles. The summed E-state index contributed by atoms with van der Waals surface area (Å²) < 4.78 is 60.8. The van der Waals surface area contributed by atoms with E-state index in [9.17, 15) is 21.6 Å². The molecule has 1 atom stereocenters. The van der Waals surface area contributed by atoms with Gasteiger partial charge in [0.2, 0.25) is 0 Å². The molecule has 0 saturated carbocycles. The smallest absolute Gasteiger partial charge is 0.329 e. The highest BCUT2D eigenvalue weighted by Crippen LogP contribution is 2.30. The maximum atomic E-state index is 12.5. The van der Waals surface area contributed by atoms with E-state index >= 15 is 0 Å². The highest BCUT2D eigenvalue weighted by atomic mass is 32.2. The summed E-state index contributed by atoms with van der Waals surface area (Å²) >= 11 is 0. The Morgan fingerprint density at radius 2 is 1.94 bits per heavy atom. The summed E-state index contributed by atoms with van der Waals surface area (Å²) in [5, 5.41) is -0.771. The van der Waals surface area contributed by atoms with Crippen LogP contribution in [-0.4, -0.2) is 20.2 Å². The largest absolute Gasteiger partial charge is 0.416 e. The Morgan fingerprint density at radius 3 is 2.44 bits per heavy atom. The van der Waals surface area contributed by atoms with E-state index < -0.39 is 32.6 Å². The van der Waals surface area contributed by atoms with Crippen LogP contribution in [0.15, 0.2) is 24.3 Å². The standard InChI is InChI=1S/C11H14F3NO2S/c1-8(6-15)18(16,17)7-9-3-2-4-10(5-9)11(12,13)14/h2-5,8H,6-7,15H2,1H3. The lowest BCUT2D eigenvalue weighted by atomic mass is 10.1. The fourth-order valence-electron chi connectivity index (χ4n) is 1.36. The van der Waals surface area contributed by atoms with E-state index in [4.69, 9.17) is 5.73 Å². The summed E-state index contributed by atoms with van der Waals surface area (Å²) in [6, 6.07) is 4.31. The van der Waals surface area contributed by atoms with Crippen LogP contribution in [0.4, 0.5) is 13.2 Å². The van der Waals surface area contributed by atoms with Crippen LogP contribution in [0.25, 0.3) is 0 Å². The zero-order chi connectivity index (χ0) is 14.0. The van der Waals surface area contributed by atoms with Gasteiger partial charge < -0.3 is 5.73 Å². The Kier molecular flexibility index (Phi) is 4.39. The van der Waals surface area contributed by atoms with Gasteiger partial charge in [0.15, 0.2) is 9.84 Å². The van der Waals surface area contributed by atoms with Gasteiger partial charge in [0.1, 0.15) is 0 Å². The molecule has 1 aromatic carbocycles. The van der Waals surface area contributed by atoms with Crippen LogP contribution in [0.3, 0.4) is 0 Å². The fraction of sp³-hybridized carbons (Fsp3) is 0.455. The normalized spacial score (nSPS) is 14.5. The van der Waals surface area contributed by atoms with Crippen LogP contribution in [0.2, 0.25) is 0 Å². The molecule has 0 aromatic heterocycles. The van der Waals surface area contributed by atoms with Crippen molar-refractivity contribution in [2.45, 2.75) is 24.1 Å². The molecule has 0 amide bonds. The zero-order valence-corrected chi connectivity index (χ0v) is 10.6. The van der Waals surface area contributed by atoms with Gasteiger partial charge in [-0.05, 0) is 18.6 Å². The molecule has 18 heavy (non-hydrogen) atoms. The summed E-state index contributed by atoms with van der Waals surface area (Å²) in [4.78, 5) is 0. The SMILES string of the molecule is CC(CN)S(=O)(=O)Cc1cccc(C(F)(F)F)c1. The Morgan fingerprint density at radius 1 is 1.33 bits per heavy atom. The number of alkyl halides is 3. The molecular formula is C11H14F3NO2S. The van der Waals surface area contributed by atoms with Gasteiger partial charge in [0.05, 0.1) is 16.6 Å². The van der Waals surface area contributed by atoms with E-state index in [1.807, 2.05) is 0 Å². The molecule has 3 nitrogen and oxygen atoms in total. The molecule has 0 spiro atoms.